The molecule has 0 spiro atoms. The van der Waals surface area contributed by atoms with Crippen LogP contribution in [0.1, 0.15) is 45.4 Å². The molecule has 3 nitrogen and oxygen atoms in total. The smallest absolute Gasteiger partial charge is 0.218 e. The summed E-state index contributed by atoms with van der Waals surface area (Å²) in [6, 6.07) is 0. The lowest BCUT2D eigenvalue weighted by Crippen LogP contribution is -2.17. The average molecular weight is 185 g/mol. The molecule has 0 saturated carbocycles. The zero-order chi connectivity index (χ0) is 10.1. The maximum absolute atomic E-state index is 10.5. The van der Waals surface area contributed by atoms with Gasteiger partial charge in [0.2, 0.25) is 5.91 Å². The van der Waals surface area contributed by atoms with Crippen LogP contribution in [0, 0.1) is 5.92 Å². The van der Waals surface area contributed by atoms with Crippen LogP contribution in [0.2, 0.25) is 0 Å². The Kier molecular flexibility index (Phi) is 7.26. The molecule has 2 N–H and O–H groups in total. The van der Waals surface area contributed by atoms with Crippen LogP contribution in [0.15, 0.2) is 0 Å². The van der Waals surface area contributed by atoms with Gasteiger partial charge >= 0.3 is 0 Å². The minimum absolute atomic E-state index is 0.158. The maximum Gasteiger partial charge on any atom is 0.218 e. The van der Waals surface area contributed by atoms with Gasteiger partial charge in [-0.05, 0) is 6.42 Å². The van der Waals surface area contributed by atoms with Gasteiger partial charge in [0.15, 0.2) is 0 Å². The van der Waals surface area contributed by atoms with Crippen molar-refractivity contribution in [2.24, 2.45) is 11.7 Å². The fourth-order valence-electron chi connectivity index (χ4n) is 1.31. The highest BCUT2D eigenvalue weighted by molar-refractivity contribution is 5.77. The van der Waals surface area contributed by atoms with Gasteiger partial charge in [-0.1, -0.05) is 32.6 Å². The standard InChI is InChI=1S/C10H19NO2/c1-2-3-4-5-6-9(8-12)7-10(11)13/h8-9H,2-7H2,1H3,(H2,11,13). The normalized spacial score (nSPS) is 12.4. The van der Waals surface area contributed by atoms with Crippen molar-refractivity contribution in [1.29, 1.82) is 0 Å². The first-order valence-electron chi connectivity index (χ1n) is 4.94. The fraction of sp³-hybridized carbons (Fsp3) is 0.800. The summed E-state index contributed by atoms with van der Waals surface area (Å²) < 4.78 is 0. The number of nitrogens with two attached hydrogens (primary N) is 1. The second-order valence-corrected chi connectivity index (χ2v) is 3.42. The Labute approximate surface area is 79.7 Å². The van der Waals surface area contributed by atoms with Crippen LogP contribution in [-0.4, -0.2) is 12.2 Å². The highest BCUT2D eigenvalue weighted by Crippen LogP contribution is 2.11. The molecule has 0 aromatic rings. The predicted octanol–water partition coefficient (Wildman–Crippen LogP) is 1.65. The molecule has 0 aliphatic heterocycles. The topological polar surface area (TPSA) is 60.2 Å². The summed E-state index contributed by atoms with van der Waals surface area (Å²) in [6.07, 6.45) is 6.38. The molecule has 76 valence electrons. The van der Waals surface area contributed by atoms with Crippen molar-refractivity contribution in [3.63, 3.8) is 0 Å². The molecule has 1 amide bonds. The van der Waals surface area contributed by atoms with Gasteiger partial charge < -0.3 is 10.5 Å². The highest BCUT2D eigenvalue weighted by Gasteiger charge is 2.09. The van der Waals surface area contributed by atoms with E-state index in [0.29, 0.717) is 0 Å². The summed E-state index contributed by atoms with van der Waals surface area (Å²) in [5, 5.41) is 0. The van der Waals surface area contributed by atoms with Gasteiger partial charge in [0.25, 0.3) is 0 Å². The number of aldehydes is 1. The summed E-state index contributed by atoms with van der Waals surface area (Å²) in [5.41, 5.74) is 5.00. The van der Waals surface area contributed by atoms with Crippen molar-refractivity contribution >= 4 is 12.2 Å². The van der Waals surface area contributed by atoms with Gasteiger partial charge in [0.05, 0.1) is 0 Å². The number of amides is 1. The van der Waals surface area contributed by atoms with Crippen molar-refractivity contribution in [3.05, 3.63) is 0 Å². The van der Waals surface area contributed by atoms with E-state index < -0.39 is 0 Å². The Morgan fingerprint density at radius 2 is 2.08 bits per heavy atom. The molecule has 3 heteroatoms. The van der Waals surface area contributed by atoms with E-state index in [-0.39, 0.29) is 18.2 Å². The van der Waals surface area contributed by atoms with Crippen LogP contribution in [0.25, 0.3) is 0 Å². The number of hydrogen-bond donors (Lipinski definition) is 1. The Hall–Kier alpha value is -0.860. The van der Waals surface area contributed by atoms with E-state index >= 15 is 0 Å². The molecule has 0 aromatic carbocycles. The summed E-state index contributed by atoms with van der Waals surface area (Å²) in [6.45, 7) is 2.14. The largest absolute Gasteiger partial charge is 0.370 e. The quantitative estimate of drug-likeness (QED) is 0.461. The fourth-order valence-corrected chi connectivity index (χ4v) is 1.31. The molecule has 1 atom stereocenters. The average Bonchev–Trinajstić information content (AvgIpc) is 2.09. The van der Waals surface area contributed by atoms with E-state index in [1.807, 2.05) is 0 Å². The van der Waals surface area contributed by atoms with Gasteiger partial charge in [-0.15, -0.1) is 0 Å². The second kappa shape index (κ2) is 7.77. The van der Waals surface area contributed by atoms with Crippen LogP contribution in [0.3, 0.4) is 0 Å². The lowest BCUT2D eigenvalue weighted by atomic mass is 9.99. The predicted molar refractivity (Wildman–Crippen MR) is 52.1 cm³/mol. The first-order chi connectivity index (χ1) is 6.20. The van der Waals surface area contributed by atoms with Crippen molar-refractivity contribution in [3.8, 4) is 0 Å². The molecule has 0 aromatic heterocycles. The van der Waals surface area contributed by atoms with Gasteiger partial charge in [-0.25, -0.2) is 0 Å². The molecular formula is C10H19NO2. The minimum atomic E-state index is -0.382. The Morgan fingerprint density at radius 3 is 2.54 bits per heavy atom. The summed E-state index contributed by atoms with van der Waals surface area (Å²) in [7, 11) is 0. The number of rotatable bonds is 8. The number of primary amides is 1. The lowest BCUT2D eigenvalue weighted by molar-refractivity contribution is -0.122. The van der Waals surface area contributed by atoms with E-state index in [1.165, 1.54) is 12.8 Å². The molecule has 0 bridgehead atoms. The zero-order valence-corrected chi connectivity index (χ0v) is 8.29. The Balaban J connectivity index is 3.48. The van der Waals surface area contributed by atoms with Crippen molar-refractivity contribution in [2.75, 3.05) is 0 Å². The molecule has 1 unspecified atom stereocenters. The molecule has 13 heavy (non-hydrogen) atoms. The summed E-state index contributed by atoms with van der Waals surface area (Å²) in [5.74, 6) is -0.540. The van der Waals surface area contributed by atoms with E-state index in [9.17, 15) is 9.59 Å². The summed E-state index contributed by atoms with van der Waals surface area (Å²) >= 11 is 0. The van der Waals surface area contributed by atoms with Gasteiger partial charge in [-0.2, -0.15) is 0 Å². The Morgan fingerprint density at radius 1 is 1.38 bits per heavy atom. The van der Waals surface area contributed by atoms with Crippen LogP contribution in [-0.2, 0) is 9.59 Å². The molecule has 0 aliphatic rings. The molecule has 0 radical (unpaired) electrons. The third-order valence-corrected chi connectivity index (χ3v) is 2.08. The van der Waals surface area contributed by atoms with Crippen molar-refractivity contribution in [1.82, 2.24) is 0 Å². The van der Waals surface area contributed by atoms with Gasteiger partial charge in [-0.3, -0.25) is 4.79 Å². The summed E-state index contributed by atoms with van der Waals surface area (Å²) in [4.78, 5) is 21.0. The lowest BCUT2D eigenvalue weighted by Gasteiger charge is -2.06. The van der Waals surface area contributed by atoms with Crippen LogP contribution in [0.4, 0.5) is 0 Å². The molecule has 0 saturated heterocycles. The van der Waals surface area contributed by atoms with Crippen LogP contribution < -0.4 is 5.73 Å². The minimum Gasteiger partial charge on any atom is -0.370 e. The second-order valence-electron chi connectivity index (χ2n) is 3.42. The molecular weight excluding hydrogens is 166 g/mol. The first kappa shape index (κ1) is 12.1. The van der Waals surface area contributed by atoms with E-state index in [4.69, 9.17) is 5.73 Å². The zero-order valence-electron chi connectivity index (χ0n) is 8.29. The van der Waals surface area contributed by atoms with E-state index in [2.05, 4.69) is 6.92 Å². The number of unbranched alkanes of at least 4 members (excludes halogenated alkanes) is 3. The highest BCUT2D eigenvalue weighted by atomic mass is 16.1. The van der Waals surface area contributed by atoms with E-state index in [1.54, 1.807) is 0 Å². The van der Waals surface area contributed by atoms with Crippen molar-refractivity contribution in [2.45, 2.75) is 45.4 Å². The SMILES string of the molecule is CCCCCCC(C=O)CC(N)=O. The molecule has 0 rings (SSSR count). The van der Waals surface area contributed by atoms with Gasteiger partial charge in [0.1, 0.15) is 6.29 Å². The third kappa shape index (κ3) is 7.50. The van der Waals surface area contributed by atoms with E-state index in [0.717, 1.165) is 25.5 Å². The van der Waals surface area contributed by atoms with Gasteiger partial charge in [0, 0.05) is 12.3 Å². The van der Waals surface area contributed by atoms with Crippen LogP contribution >= 0.6 is 0 Å². The molecule has 0 heterocycles. The monoisotopic (exact) mass is 185 g/mol. The Bertz CT molecular complexity index is 157. The molecule has 0 aliphatic carbocycles. The number of carbonyl (C=O) groups excluding carboxylic acids is 2. The molecule has 0 fully saturated rings. The van der Waals surface area contributed by atoms with Crippen LogP contribution in [0.5, 0.6) is 0 Å². The maximum atomic E-state index is 10.5. The number of carbonyl (C=O) groups is 2. The van der Waals surface area contributed by atoms with Crippen molar-refractivity contribution < 1.29 is 9.59 Å². The third-order valence-electron chi connectivity index (χ3n) is 2.08. The first-order valence-corrected chi connectivity index (χ1v) is 4.94. The number of hydrogen-bond acceptors (Lipinski definition) is 2.